The van der Waals surface area contributed by atoms with Gasteiger partial charge in [0, 0.05) is 12.5 Å². The topological polar surface area (TPSA) is 77.8 Å². The summed E-state index contributed by atoms with van der Waals surface area (Å²) in [4.78, 5) is 0. The Morgan fingerprint density at radius 2 is 1.85 bits per heavy atom. The van der Waals surface area contributed by atoms with E-state index in [1.165, 1.54) is 11.8 Å². The van der Waals surface area contributed by atoms with Crippen LogP contribution in [0.1, 0.15) is 17.3 Å². The first-order valence-electron chi connectivity index (χ1n) is 6.03. The molecule has 2 heterocycles. The molecule has 102 valence electrons. The van der Waals surface area contributed by atoms with Gasteiger partial charge in [0.15, 0.2) is 0 Å². The van der Waals surface area contributed by atoms with Crippen LogP contribution in [0.15, 0.2) is 38.3 Å². The number of nitrogens with zero attached hydrogens (tertiary/aromatic N) is 4. The van der Waals surface area contributed by atoms with Gasteiger partial charge in [-0.15, -0.1) is 20.4 Å². The summed E-state index contributed by atoms with van der Waals surface area (Å²) in [5.41, 5.74) is 2.04. The minimum absolute atomic E-state index is 0.485. The second-order valence-electron chi connectivity index (χ2n) is 4.19. The predicted molar refractivity (Wildman–Crippen MR) is 73.1 cm³/mol. The van der Waals surface area contributed by atoms with Crippen LogP contribution in [0.25, 0.3) is 11.5 Å². The van der Waals surface area contributed by atoms with Crippen LogP contribution in [-0.2, 0) is 5.75 Å². The molecule has 0 fully saturated rings. The highest BCUT2D eigenvalue weighted by atomic mass is 32.2. The van der Waals surface area contributed by atoms with E-state index >= 15 is 0 Å². The van der Waals surface area contributed by atoms with E-state index in [1.54, 1.807) is 6.92 Å². The second-order valence-corrected chi connectivity index (χ2v) is 5.12. The molecule has 0 N–H and O–H groups in total. The minimum Gasteiger partial charge on any atom is -0.425 e. The number of aromatic nitrogens is 4. The van der Waals surface area contributed by atoms with Gasteiger partial charge in [-0.2, -0.15) is 0 Å². The Labute approximate surface area is 119 Å². The normalized spacial score (nSPS) is 10.9. The molecular weight excluding hydrogens is 276 g/mol. The molecule has 0 atom stereocenters. The van der Waals surface area contributed by atoms with Crippen molar-refractivity contribution in [1.82, 2.24) is 20.4 Å². The van der Waals surface area contributed by atoms with E-state index in [0.29, 0.717) is 28.6 Å². The molecule has 3 aromatic rings. The van der Waals surface area contributed by atoms with Gasteiger partial charge in [0.25, 0.3) is 5.22 Å². The zero-order chi connectivity index (χ0) is 13.9. The number of thioether (sulfide) groups is 1. The maximum absolute atomic E-state index is 5.63. The summed E-state index contributed by atoms with van der Waals surface area (Å²) in [6.45, 7) is 3.76. The third kappa shape index (κ3) is 2.72. The van der Waals surface area contributed by atoms with Crippen LogP contribution in [0.2, 0.25) is 0 Å². The van der Waals surface area contributed by atoms with Crippen LogP contribution in [-0.4, -0.2) is 20.4 Å². The number of hydrogen-bond donors (Lipinski definition) is 0. The van der Waals surface area contributed by atoms with Gasteiger partial charge in [0.05, 0.1) is 5.75 Å². The van der Waals surface area contributed by atoms with Gasteiger partial charge < -0.3 is 8.83 Å². The van der Waals surface area contributed by atoms with Crippen molar-refractivity contribution in [2.75, 3.05) is 0 Å². The molecule has 20 heavy (non-hydrogen) atoms. The Kier molecular flexibility index (Phi) is 3.51. The molecule has 0 aliphatic heterocycles. The third-order valence-electron chi connectivity index (χ3n) is 2.67. The summed E-state index contributed by atoms with van der Waals surface area (Å²) in [5.74, 6) is 2.12. The number of aryl methyl sites for hydroxylation is 2. The first-order chi connectivity index (χ1) is 9.72. The molecule has 0 amide bonds. The largest absolute Gasteiger partial charge is 0.425 e. The average molecular weight is 288 g/mol. The lowest BCUT2D eigenvalue weighted by Gasteiger charge is -1.98. The second kappa shape index (κ2) is 5.46. The van der Waals surface area contributed by atoms with Crippen molar-refractivity contribution in [3.05, 3.63) is 41.6 Å². The summed E-state index contributed by atoms with van der Waals surface area (Å²) >= 11 is 1.37. The van der Waals surface area contributed by atoms with E-state index in [2.05, 4.69) is 20.4 Å². The Bertz CT molecular complexity index is 722. The van der Waals surface area contributed by atoms with Crippen molar-refractivity contribution in [3.8, 4) is 11.5 Å². The molecule has 2 aromatic heterocycles. The standard InChI is InChI=1S/C13H12N4O2S/c1-8-5-3-4-6-10(8)12-16-17-13(19-12)20-7-11-15-14-9(2)18-11/h3-6H,7H2,1-2H3. The first-order valence-corrected chi connectivity index (χ1v) is 7.02. The molecular formula is C13H12N4O2S. The summed E-state index contributed by atoms with van der Waals surface area (Å²) < 4.78 is 10.9. The fourth-order valence-corrected chi connectivity index (χ4v) is 2.31. The van der Waals surface area contributed by atoms with E-state index in [4.69, 9.17) is 8.83 Å². The Morgan fingerprint density at radius 3 is 2.60 bits per heavy atom. The first kappa shape index (κ1) is 12.9. The molecule has 1 aromatic carbocycles. The Morgan fingerprint density at radius 1 is 1.00 bits per heavy atom. The van der Waals surface area contributed by atoms with Gasteiger partial charge in [-0.05, 0) is 18.6 Å². The quantitative estimate of drug-likeness (QED) is 0.683. The van der Waals surface area contributed by atoms with Crippen LogP contribution < -0.4 is 0 Å². The lowest BCUT2D eigenvalue weighted by Crippen LogP contribution is -1.81. The van der Waals surface area contributed by atoms with Gasteiger partial charge in [-0.3, -0.25) is 0 Å². The molecule has 0 aliphatic carbocycles. The van der Waals surface area contributed by atoms with Crippen molar-refractivity contribution < 1.29 is 8.83 Å². The summed E-state index contributed by atoms with van der Waals surface area (Å²) in [5, 5.41) is 16.2. The van der Waals surface area contributed by atoms with Crippen LogP contribution in [0, 0.1) is 13.8 Å². The number of benzene rings is 1. The molecule has 3 rings (SSSR count). The summed E-state index contributed by atoms with van der Waals surface area (Å²) in [6.07, 6.45) is 0. The summed E-state index contributed by atoms with van der Waals surface area (Å²) in [7, 11) is 0. The van der Waals surface area contributed by atoms with E-state index in [0.717, 1.165) is 11.1 Å². The van der Waals surface area contributed by atoms with Crippen LogP contribution in [0.3, 0.4) is 0 Å². The van der Waals surface area contributed by atoms with Crippen molar-refractivity contribution in [2.45, 2.75) is 24.8 Å². The molecule has 0 aliphatic rings. The third-order valence-corrected chi connectivity index (χ3v) is 3.47. The molecule has 6 nitrogen and oxygen atoms in total. The zero-order valence-electron chi connectivity index (χ0n) is 11.0. The van der Waals surface area contributed by atoms with Gasteiger partial charge in [-0.1, -0.05) is 30.0 Å². The maximum Gasteiger partial charge on any atom is 0.277 e. The van der Waals surface area contributed by atoms with Crippen LogP contribution >= 0.6 is 11.8 Å². The van der Waals surface area contributed by atoms with E-state index in [1.807, 2.05) is 31.2 Å². The smallest absolute Gasteiger partial charge is 0.277 e. The SMILES string of the molecule is Cc1nnc(CSc2nnc(-c3ccccc3C)o2)o1. The van der Waals surface area contributed by atoms with Gasteiger partial charge in [-0.25, -0.2) is 0 Å². The summed E-state index contributed by atoms with van der Waals surface area (Å²) in [6, 6.07) is 7.88. The van der Waals surface area contributed by atoms with Gasteiger partial charge in [0.1, 0.15) is 0 Å². The van der Waals surface area contributed by atoms with E-state index in [-0.39, 0.29) is 0 Å². The Balaban J connectivity index is 1.72. The fourth-order valence-electron chi connectivity index (χ4n) is 1.71. The van der Waals surface area contributed by atoms with E-state index < -0.39 is 0 Å². The van der Waals surface area contributed by atoms with Crippen LogP contribution in [0.4, 0.5) is 0 Å². The highest BCUT2D eigenvalue weighted by Crippen LogP contribution is 2.26. The molecule has 0 saturated heterocycles. The highest BCUT2D eigenvalue weighted by molar-refractivity contribution is 7.98. The van der Waals surface area contributed by atoms with Crippen molar-refractivity contribution in [2.24, 2.45) is 0 Å². The lowest BCUT2D eigenvalue weighted by molar-refractivity contribution is 0.461. The zero-order valence-corrected chi connectivity index (χ0v) is 11.8. The lowest BCUT2D eigenvalue weighted by atomic mass is 10.1. The molecule has 7 heteroatoms. The average Bonchev–Trinajstić information content (AvgIpc) is 3.06. The van der Waals surface area contributed by atoms with Crippen molar-refractivity contribution in [1.29, 1.82) is 0 Å². The van der Waals surface area contributed by atoms with Crippen LogP contribution in [0.5, 0.6) is 0 Å². The number of rotatable bonds is 4. The van der Waals surface area contributed by atoms with E-state index in [9.17, 15) is 0 Å². The fraction of sp³-hybridized carbons (Fsp3) is 0.231. The predicted octanol–water partition coefficient (Wildman–Crippen LogP) is 3.03. The highest BCUT2D eigenvalue weighted by Gasteiger charge is 2.12. The molecule has 0 saturated carbocycles. The molecule has 0 radical (unpaired) electrons. The molecule has 0 spiro atoms. The maximum atomic E-state index is 5.63. The molecule has 0 bridgehead atoms. The monoisotopic (exact) mass is 288 g/mol. The molecule has 0 unspecified atom stereocenters. The van der Waals surface area contributed by atoms with Crippen molar-refractivity contribution >= 4 is 11.8 Å². The number of hydrogen-bond acceptors (Lipinski definition) is 7. The minimum atomic E-state index is 0.485. The van der Waals surface area contributed by atoms with Gasteiger partial charge in [0.2, 0.25) is 17.7 Å². The van der Waals surface area contributed by atoms with Gasteiger partial charge >= 0.3 is 0 Å². The Hall–Kier alpha value is -2.15. The van der Waals surface area contributed by atoms with Crippen molar-refractivity contribution in [3.63, 3.8) is 0 Å².